The predicted molar refractivity (Wildman–Crippen MR) is 72.4 cm³/mol. The van der Waals surface area contributed by atoms with Crippen molar-refractivity contribution in [2.45, 2.75) is 32.2 Å². The molecule has 1 saturated heterocycles. The maximum atomic E-state index is 12.1. The van der Waals surface area contributed by atoms with Gasteiger partial charge in [0, 0.05) is 6.42 Å². The van der Waals surface area contributed by atoms with Gasteiger partial charge in [0.25, 0.3) is 0 Å². The van der Waals surface area contributed by atoms with Crippen LogP contribution in [0.5, 0.6) is 0 Å². The van der Waals surface area contributed by atoms with E-state index >= 15 is 0 Å². The van der Waals surface area contributed by atoms with Crippen LogP contribution in [0.2, 0.25) is 0 Å². The molecule has 0 aromatic carbocycles. The average Bonchev–Trinajstić information content (AvgIpc) is 2.89. The molecule has 2 N–H and O–H groups in total. The van der Waals surface area contributed by atoms with Gasteiger partial charge in [0.2, 0.25) is 5.91 Å². The van der Waals surface area contributed by atoms with Gasteiger partial charge < -0.3 is 15.1 Å². The summed E-state index contributed by atoms with van der Waals surface area (Å²) in [6, 6.07) is 3.73. The number of furan rings is 1. The van der Waals surface area contributed by atoms with Gasteiger partial charge in [-0.25, -0.2) is 0 Å². The highest BCUT2D eigenvalue weighted by atomic mass is 16.3. The van der Waals surface area contributed by atoms with Crippen molar-refractivity contribution in [2.75, 3.05) is 13.1 Å². The molecule has 1 saturated carbocycles. The first kappa shape index (κ1) is 12.7. The van der Waals surface area contributed by atoms with Crippen LogP contribution in [0.25, 0.3) is 0 Å². The molecule has 2 heterocycles. The second-order valence-electron chi connectivity index (χ2n) is 5.83. The fourth-order valence-corrected chi connectivity index (χ4v) is 3.63. The van der Waals surface area contributed by atoms with Crippen molar-refractivity contribution in [3.63, 3.8) is 0 Å². The van der Waals surface area contributed by atoms with Crippen molar-refractivity contribution in [2.24, 2.45) is 17.8 Å². The molecule has 0 radical (unpaired) electrons. The van der Waals surface area contributed by atoms with E-state index in [9.17, 15) is 4.79 Å². The van der Waals surface area contributed by atoms with Crippen LogP contribution in [0.1, 0.15) is 31.4 Å². The fourth-order valence-electron chi connectivity index (χ4n) is 3.63. The van der Waals surface area contributed by atoms with Crippen molar-refractivity contribution in [1.82, 2.24) is 10.6 Å². The van der Waals surface area contributed by atoms with Gasteiger partial charge in [-0.1, -0.05) is 6.42 Å². The van der Waals surface area contributed by atoms with E-state index in [0.29, 0.717) is 30.7 Å². The molecule has 1 aliphatic carbocycles. The van der Waals surface area contributed by atoms with Crippen molar-refractivity contribution >= 4 is 5.91 Å². The largest absolute Gasteiger partial charge is 0.467 e. The number of carbonyl (C=O) groups excluding carboxylic acids is 1. The van der Waals surface area contributed by atoms with E-state index in [2.05, 4.69) is 10.6 Å². The Morgan fingerprint density at radius 2 is 2.16 bits per heavy atom. The molecule has 2 aliphatic rings. The monoisotopic (exact) mass is 262 g/mol. The minimum Gasteiger partial charge on any atom is -0.467 e. The topological polar surface area (TPSA) is 54.3 Å². The second-order valence-corrected chi connectivity index (χ2v) is 5.83. The molecule has 3 rings (SSSR count). The zero-order valence-electron chi connectivity index (χ0n) is 11.2. The summed E-state index contributed by atoms with van der Waals surface area (Å²) in [6.45, 7) is 2.69. The second kappa shape index (κ2) is 5.78. The molecule has 4 nitrogen and oxygen atoms in total. The Kier molecular flexibility index (Phi) is 3.87. The summed E-state index contributed by atoms with van der Waals surface area (Å²) in [4.78, 5) is 12.1. The van der Waals surface area contributed by atoms with Crippen LogP contribution < -0.4 is 10.6 Å². The Morgan fingerprint density at radius 1 is 1.37 bits per heavy atom. The molecule has 4 heteroatoms. The Morgan fingerprint density at radius 3 is 2.84 bits per heavy atom. The number of nitrogens with one attached hydrogen (secondary N) is 2. The van der Waals surface area contributed by atoms with E-state index in [-0.39, 0.29) is 5.91 Å². The van der Waals surface area contributed by atoms with Crippen molar-refractivity contribution in [3.05, 3.63) is 24.2 Å². The van der Waals surface area contributed by atoms with E-state index in [1.54, 1.807) is 6.26 Å². The first-order chi connectivity index (χ1) is 9.33. The first-order valence-corrected chi connectivity index (χ1v) is 7.32. The van der Waals surface area contributed by atoms with Crippen LogP contribution in [0, 0.1) is 17.8 Å². The number of fused-ring (bicyclic) bond motifs is 2. The van der Waals surface area contributed by atoms with Gasteiger partial charge in [-0.15, -0.1) is 0 Å². The average molecular weight is 262 g/mol. The molecule has 1 aromatic rings. The SMILES string of the molecule is O=C(CC1C2CCCC1CNC2)NCc1ccco1. The summed E-state index contributed by atoms with van der Waals surface area (Å²) in [5, 5.41) is 6.47. The molecule has 104 valence electrons. The summed E-state index contributed by atoms with van der Waals surface area (Å²) in [6.07, 6.45) is 6.21. The molecular weight excluding hydrogens is 240 g/mol. The molecule has 1 aliphatic heterocycles. The van der Waals surface area contributed by atoms with Gasteiger partial charge in [-0.3, -0.25) is 4.79 Å². The highest BCUT2D eigenvalue weighted by Gasteiger charge is 2.37. The molecule has 1 amide bonds. The van der Waals surface area contributed by atoms with E-state index in [1.165, 1.54) is 19.3 Å². The van der Waals surface area contributed by atoms with Crippen LogP contribution in [0.4, 0.5) is 0 Å². The lowest BCUT2D eigenvalue weighted by Gasteiger charge is -2.42. The molecule has 2 unspecified atom stereocenters. The van der Waals surface area contributed by atoms with Gasteiger partial charge >= 0.3 is 0 Å². The molecule has 2 fully saturated rings. The summed E-state index contributed by atoms with van der Waals surface area (Å²) in [5.41, 5.74) is 0. The number of hydrogen-bond acceptors (Lipinski definition) is 3. The quantitative estimate of drug-likeness (QED) is 0.871. The van der Waals surface area contributed by atoms with Gasteiger partial charge in [0.1, 0.15) is 5.76 Å². The molecular formula is C15H22N2O2. The van der Waals surface area contributed by atoms with Crippen LogP contribution in [0.3, 0.4) is 0 Å². The number of hydrogen-bond donors (Lipinski definition) is 2. The Labute approximate surface area is 113 Å². The summed E-state index contributed by atoms with van der Waals surface area (Å²) < 4.78 is 5.22. The smallest absolute Gasteiger partial charge is 0.220 e. The van der Waals surface area contributed by atoms with Crippen molar-refractivity contribution < 1.29 is 9.21 Å². The molecule has 2 atom stereocenters. The first-order valence-electron chi connectivity index (χ1n) is 7.32. The maximum Gasteiger partial charge on any atom is 0.220 e. The Balaban J connectivity index is 1.51. The van der Waals surface area contributed by atoms with Crippen molar-refractivity contribution in [3.8, 4) is 0 Å². The number of rotatable bonds is 4. The third kappa shape index (κ3) is 3.00. The van der Waals surface area contributed by atoms with E-state index < -0.39 is 0 Å². The number of piperidine rings is 1. The van der Waals surface area contributed by atoms with Crippen LogP contribution in [-0.2, 0) is 11.3 Å². The molecule has 1 aromatic heterocycles. The summed E-state index contributed by atoms with van der Waals surface area (Å²) >= 11 is 0. The minimum atomic E-state index is 0.167. The van der Waals surface area contributed by atoms with Crippen LogP contribution in [0.15, 0.2) is 22.8 Å². The normalized spacial score (nSPS) is 30.0. The lowest BCUT2D eigenvalue weighted by Crippen LogP contribution is -2.47. The van der Waals surface area contributed by atoms with Crippen LogP contribution in [-0.4, -0.2) is 19.0 Å². The van der Waals surface area contributed by atoms with E-state index in [4.69, 9.17) is 4.42 Å². The van der Waals surface area contributed by atoms with Gasteiger partial charge in [0.05, 0.1) is 12.8 Å². The zero-order chi connectivity index (χ0) is 13.1. The van der Waals surface area contributed by atoms with Gasteiger partial charge in [-0.05, 0) is 55.8 Å². The van der Waals surface area contributed by atoms with E-state index in [1.807, 2.05) is 12.1 Å². The third-order valence-electron chi connectivity index (χ3n) is 4.63. The third-order valence-corrected chi connectivity index (χ3v) is 4.63. The molecule has 19 heavy (non-hydrogen) atoms. The van der Waals surface area contributed by atoms with E-state index in [0.717, 1.165) is 18.8 Å². The maximum absolute atomic E-state index is 12.1. The lowest BCUT2D eigenvalue weighted by molar-refractivity contribution is -0.123. The summed E-state index contributed by atoms with van der Waals surface area (Å²) in [5.74, 6) is 2.95. The Bertz CT molecular complexity index is 394. The molecule has 0 spiro atoms. The molecule has 2 bridgehead atoms. The van der Waals surface area contributed by atoms with Gasteiger partial charge in [0.15, 0.2) is 0 Å². The standard InChI is InChI=1S/C15H22N2O2/c18-15(17-10-13-5-2-6-19-13)7-14-11-3-1-4-12(14)9-16-8-11/h2,5-6,11-12,14,16H,1,3-4,7-10H2,(H,17,18). The van der Waals surface area contributed by atoms with Crippen LogP contribution >= 0.6 is 0 Å². The minimum absolute atomic E-state index is 0.167. The van der Waals surface area contributed by atoms with Crippen molar-refractivity contribution in [1.29, 1.82) is 0 Å². The summed E-state index contributed by atoms with van der Waals surface area (Å²) in [7, 11) is 0. The lowest BCUT2D eigenvalue weighted by atomic mass is 9.68. The predicted octanol–water partition coefficient (Wildman–Crippen LogP) is 1.92. The fraction of sp³-hybridized carbons (Fsp3) is 0.667. The number of amides is 1. The Hall–Kier alpha value is -1.29. The highest BCUT2D eigenvalue weighted by Crippen LogP contribution is 2.38. The number of carbonyl (C=O) groups is 1. The highest BCUT2D eigenvalue weighted by molar-refractivity contribution is 5.76. The van der Waals surface area contributed by atoms with Gasteiger partial charge in [-0.2, -0.15) is 0 Å². The zero-order valence-corrected chi connectivity index (χ0v) is 11.2.